The number of amides is 2. The molecule has 2 rings (SSSR count). The van der Waals surface area contributed by atoms with Crippen molar-refractivity contribution in [1.29, 1.82) is 0 Å². The smallest absolute Gasteiger partial charge is 0.229 e. The Kier molecular flexibility index (Phi) is 7.28. The molecular weight excluding hydrogens is 326 g/mol. The second-order valence-electron chi connectivity index (χ2n) is 5.25. The summed E-state index contributed by atoms with van der Waals surface area (Å²) in [5.74, 6) is 0.131. The van der Waals surface area contributed by atoms with Gasteiger partial charge in [0.2, 0.25) is 11.8 Å². The molecule has 0 aliphatic rings. The van der Waals surface area contributed by atoms with Gasteiger partial charge in [0.05, 0.1) is 11.4 Å². The van der Waals surface area contributed by atoms with E-state index in [1.165, 1.54) is 6.33 Å². The van der Waals surface area contributed by atoms with Gasteiger partial charge in [-0.25, -0.2) is 9.67 Å². The summed E-state index contributed by atoms with van der Waals surface area (Å²) >= 11 is 3.88. The number of hydrogen-bond acceptors (Lipinski definition) is 5. The van der Waals surface area contributed by atoms with Crippen LogP contribution >= 0.6 is 12.6 Å². The minimum absolute atomic E-state index is 0.0112. The van der Waals surface area contributed by atoms with Gasteiger partial charge in [-0.1, -0.05) is 6.42 Å². The predicted octanol–water partition coefficient (Wildman–Crippen LogP) is 1.81. The number of carbonyl (C=O) groups is 2. The van der Waals surface area contributed by atoms with E-state index >= 15 is 0 Å². The third-order valence-corrected chi connectivity index (χ3v) is 3.67. The van der Waals surface area contributed by atoms with Gasteiger partial charge in [-0.05, 0) is 37.1 Å². The number of aromatic nitrogens is 3. The molecule has 128 valence electrons. The van der Waals surface area contributed by atoms with Gasteiger partial charge in [0.1, 0.15) is 12.7 Å². The number of thiol groups is 1. The topological polar surface area (TPSA) is 88.9 Å². The minimum Gasteiger partial charge on any atom is -0.355 e. The van der Waals surface area contributed by atoms with E-state index in [4.69, 9.17) is 0 Å². The van der Waals surface area contributed by atoms with Crippen molar-refractivity contribution in [3.05, 3.63) is 36.9 Å². The average Bonchev–Trinajstić information content (AvgIpc) is 3.13. The van der Waals surface area contributed by atoms with Crippen molar-refractivity contribution in [2.75, 3.05) is 17.6 Å². The maximum Gasteiger partial charge on any atom is 0.229 e. The van der Waals surface area contributed by atoms with Crippen molar-refractivity contribution in [3.63, 3.8) is 0 Å². The molecule has 2 aromatic rings. The summed E-state index contributed by atoms with van der Waals surface area (Å²) < 4.78 is 1.65. The minimum atomic E-state index is -0.0644. The van der Waals surface area contributed by atoms with Crippen molar-refractivity contribution < 1.29 is 9.59 Å². The van der Waals surface area contributed by atoms with Crippen LogP contribution in [0.3, 0.4) is 0 Å². The molecule has 24 heavy (non-hydrogen) atoms. The van der Waals surface area contributed by atoms with Crippen molar-refractivity contribution in [2.24, 2.45) is 0 Å². The van der Waals surface area contributed by atoms with E-state index in [2.05, 4.69) is 33.3 Å². The fourth-order valence-corrected chi connectivity index (χ4v) is 2.25. The molecule has 0 fully saturated rings. The summed E-state index contributed by atoms with van der Waals surface area (Å²) in [6.45, 7) is 0.630. The number of hydrogen-bond donors (Lipinski definition) is 3. The van der Waals surface area contributed by atoms with Crippen LogP contribution in [0.25, 0.3) is 5.69 Å². The SMILES string of the molecule is O=C(CS)NCCCCCC(=O)Nc1ccc(-n2cncn2)cc1. The van der Waals surface area contributed by atoms with Crippen LogP contribution in [0.1, 0.15) is 25.7 Å². The van der Waals surface area contributed by atoms with E-state index in [0.29, 0.717) is 13.0 Å². The van der Waals surface area contributed by atoms with Crippen LogP contribution in [-0.4, -0.2) is 38.9 Å². The van der Waals surface area contributed by atoms with E-state index in [-0.39, 0.29) is 17.6 Å². The van der Waals surface area contributed by atoms with Crippen LogP contribution in [0.4, 0.5) is 5.69 Å². The Morgan fingerprint density at radius 3 is 2.54 bits per heavy atom. The molecule has 0 bridgehead atoms. The molecule has 1 aromatic carbocycles. The number of benzene rings is 1. The fourth-order valence-electron chi connectivity index (χ4n) is 2.13. The molecule has 0 spiro atoms. The Bertz CT molecular complexity index is 643. The van der Waals surface area contributed by atoms with E-state index in [0.717, 1.165) is 30.6 Å². The van der Waals surface area contributed by atoms with Gasteiger partial charge in [-0.3, -0.25) is 9.59 Å². The lowest BCUT2D eigenvalue weighted by molar-refractivity contribution is -0.118. The second kappa shape index (κ2) is 9.71. The Hall–Kier alpha value is -2.35. The van der Waals surface area contributed by atoms with Crippen molar-refractivity contribution in [3.8, 4) is 5.69 Å². The molecule has 0 aliphatic carbocycles. The maximum atomic E-state index is 11.9. The third kappa shape index (κ3) is 6.04. The number of nitrogens with zero attached hydrogens (tertiary/aromatic N) is 3. The largest absolute Gasteiger partial charge is 0.355 e. The first kappa shape index (κ1) is 18.0. The highest BCUT2D eigenvalue weighted by molar-refractivity contribution is 7.81. The molecule has 0 atom stereocenters. The number of unbranched alkanes of at least 4 members (excludes halogenated alkanes) is 2. The average molecular weight is 347 g/mol. The lowest BCUT2D eigenvalue weighted by Crippen LogP contribution is -2.25. The van der Waals surface area contributed by atoms with Crippen molar-refractivity contribution >= 4 is 30.1 Å². The number of carbonyl (C=O) groups excluding carboxylic acids is 2. The molecule has 1 heterocycles. The molecule has 0 unspecified atom stereocenters. The quantitative estimate of drug-likeness (QED) is 0.477. The molecular formula is C16H21N5O2S. The lowest BCUT2D eigenvalue weighted by atomic mass is 10.2. The molecule has 1 aromatic heterocycles. The number of nitrogens with one attached hydrogen (secondary N) is 2. The van der Waals surface area contributed by atoms with Gasteiger partial charge in [-0.2, -0.15) is 17.7 Å². The molecule has 0 saturated carbocycles. The van der Waals surface area contributed by atoms with Gasteiger partial charge in [0, 0.05) is 18.7 Å². The number of anilines is 1. The Labute approximate surface area is 146 Å². The summed E-state index contributed by atoms with van der Waals surface area (Å²) in [5, 5.41) is 9.66. The first-order valence-corrected chi connectivity index (χ1v) is 8.45. The predicted molar refractivity (Wildman–Crippen MR) is 95.3 cm³/mol. The summed E-state index contributed by atoms with van der Waals surface area (Å²) in [6.07, 6.45) is 6.10. The summed E-state index contributed by atoms with van der Waals surface area (Å²) in [5.41, 5.74) is 1.64. The fraction of sp³-hybridized carbons (Fsp3) is 0.375. The zero-order valence-corrected chi connectivity index (χ0v) is 14.2. The van der Waals surface area contributed by atoms with Crippen molar-refractivity contribution in [2.45, 2.75) is 25.7 Å². The van der Waals surface area contributed by atoms with Gasteiger partial charge < -0.3 is 10.6 Å². The first-order chi connectivity index (χ1) is 11.7. The molecule has 0 saturated heterocycles. The zero-order chi connectivity index (χ0) is 17.2. The molecule has 2 N–H and O–H groups in total. The summed E-state index contributed by atoms with van der Waals surface area (Å²) in [6, 6.07) is 7.41. The highest BCUT2D eigenvalue weighted by Gasteiger charge is 2.03. The summed E-state index contributed by atoms with van der Waals surface area (Å²) in [4.78, 5) is 26.8. The van der Waals surface area contributed by atoms with Crippen LogP contribution < -0.4 is 10.6 Å². The van der Waals surface area contributed by atoms with Crippen LogP contribution in [0.15, 0.2) is 36.9 Å². The van der Waals surface area contributed by atoms with Crippen LogP contribution in [-0.2, 0) is 9.59 Å². The standard InChI is InChI=1S/C16H21N5O2S/c22-15(4-2-1-3-9-18-16(23)10-24)20-13-5-7-14(8-6-13)21-12-17-11-19-21/h5-8,11-12,24H,1-4,9-10H2,(H,18,23)(H,20,22). The van der Waals surface area contributed by atoms with E-state index in [1.807, 2.05) is 24.3 Å². The molecule has 7 nitrogen and oxygen atoms in total. The molecule has 2 amide bonds. The van der Waals surface area contributed by atoms with Crippen molar-refractivity contribution in [1.82, 2.24) is 20.1 Å². The number of rotatable bonds is 9. The normalized spacial score (nSPS) is 10.4. The van der Waals surface area contributed by atoms with Crippen LogP contribution in [0, 0.1) is 0 Å². The van der Waals surface area contributed by atoms with E-state index < -0.39 is 0 Å². The van der Waals surface area contributed by atoms with Gasteiger partial charge in [0.15, 0.2) is 0 Å². The Morgan fingerprint density at radius 2 is 1.88 bits per heavy atom. The highest BCUT2D eigenvalue weighted by atomic mass is 32.1. The second-order valence-corrected chi connectivity index (χ2v) is 5.57. The van der Waals surface area contributed by atoms with Gasteiger partial charge >= 0.3 is 0 Å². The Balaban J connectivity index is 1.64. The molecule has 0 aliphatic heterocycles. The van der Waals surface area contributed by atoms with E-state index in [9.17, 15) is 9.59 Å². The van der Waals surface area contributed by atoms with Gasteiger partial charge in [0.25, 0.3) is 0 Å². The van der Waals surface area contributed by atoms with E-state index in [1.54, 1.807) is 11.0 Å². The lowest BCUT2D eigenvalue weighted by Gasteiger charge is -2.07. The van der Waals surface area contributed by atoms with Gasteiger partial charge in [-0.15, -0.1) is 0 Å². The Morgan fingerprint density at radius 1 is 1.08 bits per heavy atom. The molecule has 0 radical (unpaired) electrons. The highest BCUT2D eigenvalue weighted by Crippen LogP contribution is 2.13. The van der Waals surface area contributed by atoms with Crippen LogP contribution in [0.2, 0.25) is 0 Å². The summed E-state index contributed by atoms with van der Waals surface area (Å²) in [7, 11) is 0. The maximum absolute atomic E-state index is 11.9. The first-order valence-electron chi connectivity index (χ1n) is 7.81. The zero-order valence-electron chi connectivity index (χ0n) is 13.3. The third-order valence-electron chi connectivity index (χ3n) is 3.38. The molecule has 8 heteroatoms. The monoisotopic (exact) mass is 347 g/mol. The van der Waals surface area contributed by atoms with Crippen LogP contribution in [0.5, 0.6) is 0 Å².